The van der Waals surface area contributed by atoms with Gasteiger partial charge in [-0.2, -0.15) is 0 Å². The smallest absolute Gasteiger partial charge is 0.0989 e. The molecular formula is C12H22N2. The van der Waals surface area contributed by atoms with Crippen molar-refractivity contribution in [2.75, 3.05) is 13.1 Å². The lowest BCUT2D eigenvalue weighted by molar-refractivity contribution is 0.261. The van der Waals surface area contributed by atoms with Crippen LogP contribution in [0.15, 0.2) is 0 Å². The highest BCUT2D eigenvalue weighted by Crippen LogP contribution is 2.28. The molecule has 1 aliphatic carbocycles. The van der Waals surface area contributed by atoms with Gasteiger partial charge in [0, 0.05) is 19.0 Å². The number of rotatable bonds is 1. The van der Waals surface area contributed by atoms with E-state index in [9.17, 15) is 0 Å². The SMILES string of the molecule is CC1CCCN(C(=N)C2CCCC2)C1. The summed E-state index contributed by atoms with van der Waals surface area (Å²) in [5.41, 5.74) is 0. The largest absolute Gasteiger partial charge is 0.360 e. The molecule has 2 rings (SSSR count). The Morgan fingerprint density at radius 3 is 2.50 bits per heavy atom. The topological polar surface area (TPSA) is 27.1 Å². The maximum Gasteiger partial charge on any atom is 0.0989 e. The lowest BCUT2D eigenvalue weighted by Crippen LogP contribution is -2.41. The van der Waals surface area contributed by atoms with Crippen LogP contribution < -0.4 is 0 Å². The first kappa shape index (κ1) is 10.0. The molecule has 80 valence electrons. The van der Waals surface area contributed by atoms with E-state index in [1.807, 2.05) is 0 Å². The first-order chi connectivity index (χ1) is 6.77. The minimum Gasteiger partial charge on any atom is -0.360 e. The zero-order valence-corrected chi connectivity index (χ0v) is 9.26. The van der Waals surface area contributed by atoms with Gasteiger partial charge in [0.05, 0.1) is 5.84 Å². The number of likely N-dealkylation sites (tertiary alicyclic amines) is 1. The third-order valence-corrected chi connectivity index (χ3v) is 3.74. The lowest BCUT2D eigenvalue weighted by Gasteiger charge is -2.34. The fourth-order valence-electron chi connectivity index (χ4n) is 2.87. The molecule has 0 aromatic carbocycles. The van der Waals surface area contributed by atoms with Gasteiger partial charge in [0.25, 0.3) is 0 Å². The van der Waals surface area contributed by atoms with Gasteiger partial charge in [-0.05, 0) is 31.6 Å². The molecule has 0 amide bonds. The summed E-state index contributed by atoms with van der Waals surface area (Å²) >= 11 is 0. The van der Waals surface area contributed by atoms with E-state index in [2.05, 4.69) is 11.8 Å². The van der Waals surface area contributed by atoms with Crippen LogP contribution in [0.2, 0.25) is 0 Å². The highest BCUT2D eigenvalue weighted by Gasteiger charge is 2.26. The Labute approximate surface area is 87.2 Å². The normalized spacial score (nSPS) is 29.5. The van der Waals surface area contributed by atoms with Crippen molar-refractivity contribution in [2.45, 2.75) is 45.4 Å². The van der Waals surface area contributed by atoms with Gasteiger partial charge in [0.2, 0.25) is 0 Å². The average Bonchev–Trinajstić information content (AvgIpc) is 2.69. The molecule has 1 unspecified atom stereocenters. The minimum absolute atomic E-state index is 0.597. The zero-order valence-electron chi connectivity index (χ0n) is 9.26. The monoisotopic (exact) mass is 194 g/mol. The van der Waals surface area contributed by atoms with E-state index in [0.29, 0.717) is 5.92 Å². The van der Waals surface area contributed by atoms with Crippen LogP contribution in [0.25, 0.3) is 0 Å². The van der Waals surface area contributed by atoms with Crippen molar-refractivity contribution in [3.8, 4) is 0 Å². The molecule has 2 aliphatic rings. The molecule has 1 atom stereocenters. The van der Waals surface area contributed by atoms with Crippen LogP contribution in [0.3, 0.4) is 0 Å². The van der Waals surface area contributed by atoms with Crippen LogP contribution in [-0.2, 0) is 0 Å². The van der Waals surface area contributed by atoms with Crippen LogP contribution in [0, 0.1) is 17.2 Å². The van der Waals surface area contributed by atoms with Gasteiger partial charge >= 0.3 is 0 Å². The lowest BCUT2D eigenvalue weighted by atomic mass is 9.97. The van der Waals surface area contributed by atoms with Crippen molar-refractivity contribution in [3.05, 3.63) is 0 Å². The zero-order chi connectivity index (χ0) is 9.97. The molecule has 1 saturated heterocycles. The molecule has 2 fully saturated rings. The molecule has 1 saturated carbocycles. The van der Waals surface area contributed by atoms with Crippen molar-refractivity contribution >= 4 is 5.84 Å². The average molecular weight is 194 g/mol. The quantitative estimate of drug-likeness (QED) is 0.504. The summed E-state index contributed by atoms with van der Waals surface area (Å²) in [7, 11) is 0. The highest BCUT2D eigenvalue weighted by atomic mass is 15.2. The Kier molecular flexibility index (Phi) is 3.09. The van der Waals surface area contributed by atoms with Crippen molar-refractivity contribution < 1.29 is 0 Å². The highest BCUT2D eigenvalue weighted by molar-refractivity contribution is 5.82. The van der Waals surface area contributed by atoms with Gasteiger partial charge in [-0.1, -0.05) is 19.8 Å². The van der Waals surface area contributed by atoms with E-state index in [1.54, 1.807) is 0 Å². The Hall–Kier alpha value is -0.530. The summed E-state index contributed by atoms with van der Waals surface area (Å²) in [6, 6.07) is 0. The van der Waals surface area contributed by atoms with E-state index in [1.165, 1.54) is 38.5 Å². The van der Waals surface area contributed by atoms with Crippen LogP contribution in [0.4, 0.5) is 0 Å². The van der Waals surface area contributed by atoms with Crippen molar-refractivity contribution in [1.82, 2.24) is 4.90 Å². The molecule has 0 aromatic rings. The van der Waals surface area contributed by atoms with E-state index >= 15 is 0 Å². The van der Waals surface area contributed by atoms with Crippen LogP contribution >= 0.6 is 0 Å². The number of amidine groups is 1. The summed E-state index contributed by atoms with van der Waals surface area (Å²) in [4.78, 5) is 2.34. The first-order valence-corrected chi connectivity index (χ1v) is 6.11. The van der Waals surface area contributed by atoms with Gasteiger partial charge in [-0.15, -0.1) is 0 Å². The summed E-state index contributed by atoms with van der Waals surface area (Å²) < 4.78 is 0. The first-order valence-electron chi connectivity index (χ1n) is 6.11. The van der Waals surface area contributed by atoms with Crippen LogP contribution in [0.1, 0.15) is 45.4 Å². The molecular weight excluding hydrogens is 172 g/mol. The van der Waals surface area contributed by atoms with Crippen molar-refractivity contribution in [1.29, 1.82) is 5.41 Å². The van der Waals surface area contributed by atoms with Crippen molar-refractivity contribution in [2.24, 2.45) is 11.8 Å². The fraction of sp³-hybridized carbons (Fsp3) is 0.917. The third kappa shape index (κ3) is 2.10. The number of nitrogens with zero attached hydrogens (tertiary/aromatic N) is 1. The summed E-state index contributed by atoms with van der Waals surface area (Å²) in [5, 5.41) is 8.20. The molecule has 14 heavy (non-hydrogen) atoms. The molecule has 1 aliphatic heterocycles. The second-order valence-electron chi connectivity index (χ2n) is 5.06. The maximum absolute atomic E-state index is 8.20. The predicted octanol–water partition coefficient (Wildman–Crippen LogP) is 2.89. The molecule has 0 radical (unpaired) electrons. The maximum atomic E-state index is 8.20. The standard InChI is InChI=1S/C12H22N2/c1-10-5-4-8-14(9-10)12(13)11-6-2-3-7-11/h10-11,13H,2-9H2,1H3. The van der Waals surface area contributed by atoms with Gasteiger partial charge in [0.15, 0.2) is 0 Å². The fourth-order valence-corrected chi connectivity index (χ4v) is 2.87. The van der Waals surface area contributed by atoms with Gasteiger partial charge in [-0.3, -0.25) is 5.41 Å². The molecule has 1 N–H and O–H groups in total. The Morgan fingerprint density at radius 2 is 1.86 bits per heavy atom. The van der Waals surface area contributed by atoms with Crippen molar-refractivity contribution in [3.63, 3.8) is 0 Å². The van der Waals surface area contributed by atoms with Crippen LogP contribution in [0.5, 0.6) is 0 Å². The molecule has 0 spiro atoms. The Morgan fingerprint density at radius 1 is 1.14 bits per heavy atom. The Bertz CT molecular complexity index is 206. The number of piperidine rings is 1. The molecule has 1 heterocycles. The molecule has 2 nitrogen and oxygen atoms in total. The third-order valence-electron chi connectivity index (χ3n) is 3.74. The molecule has 2 heteroatoms. The molecule has 0 aromatic heterocycles. The predicted molar refractivity (Wildman–Crippen MR) is 59.7 cm³/mol. The summed E-state index contributed by atoms with van der Waals surface area (Å²) in [5.74, 6) is 2.35. The van der Waals surface area contributed by atoms with Gasteiger partial charge < -0.3 is 4.90 Å². The summed E-state index contributed by atoms with van der Waals surface area (Å²) in [6.45, 7) is 4.59. The van der Waals surface area contributed by atoms with E-state index in [-0.39, 0.29) is 0 Å². The Balaban J connectivity index is 1.89. The minimum atomic E-state index is 0.597. The van der Waals surface area contributed by atoms with E-state index in [4.69, 9.17) is 5.41 Å². The van der Waals surface area contributed by atoms with Gasteiger partial charge in [-0.25, -0.2) is 0 Å². The van der Waals surface area contributed by atoms with E-state index in [0.717, 1.165) is 24.8 Å². The van der Waals surface area contributed by atoms with Gasteiger partial charge in [0.1, 0.15) is 0 Å². The van der Waals surface area contributed by atoms with E-state index < -0.39 is 0 Å². The second kappa shape index (κ2) is 4.33. The number of hydrogen-bond donors (Lipinski definition) is 1. The number of nitrogens with one attached hydrogen (secondary N) is 1. The molecule has 0 bridgehead atoms. The second-order valence-corrected chi connectivity index (χ2v) is 5.06. The summed E-state index contributed by atoms with van der Waals surface area (Å²) in [6.07, 6.45) is 7.87. The number of hydrogen-bond acceptors (Lipinski definition) is 1. The van der Waals surface area contributed by atoms with Crippen LogP contribution in [-0.4, -0.2) is 23.8 Å².